The maximum atomic E-state index is 6.13. The van der Waals surface area contributed by atoms with Gasteiger partial charge < -0.3 is 4.74 Å². The molecule has 0 bridgehead atoms. The molecule has 1 nitrogen and oxygen atoms in total. The third kappa shape index (κ3) is 4.23. The van der Waals surface area contributed by atoms with Crippen molar-refractivity contribution >= 4 is 11.6 Å². The highest BCUT2D eigenvalue weighted by atomic mass is 35.5. The maximum Gasteiger partial charge on any atom is 0.123 e. The van der Waals surface area contributed by atoms with Crippen molar-refractivity contribution in [2.45, 2.75) is 57.9 Å². The lowest BCUT2D eigenvalue weighted by atomic mass is 9.80. The maximum absolute atomic E-state index is 6.13. The highest BCUT2D eigenvalue weighted by Crippen LogP contribution is 2.36. The monoisotopic (exact) mass is 254 g/mol. The summed E-state index contributed by atoms with van der Waals surface area (Å²) < 4.78 is 5.87. The van der Waals surface area contributed by atoms with Gasteiger partial charge in [0, 0.05) is 5.38 Å². The van der Waals surface area contributed by atoms with E-state index in [1.165, 1.54) is 5.56 Å². The van der Waals surface area contributed by atoms with Crippen molar-refractivity contribution in [2.24, 2.45) is 0 Å². The fourth-order valence-corrected chi connectivity index (χ4v) is 2.58. The Bertz CT molecular complexity index is 356. The summed E-state index contributed by atoms with van der Waals surface area (Å²) in [6.07, 6.45) is 1.13. The van der Waals surface area contributed by atoms with E-state index in [1.807, 2.05) is 32.9 Å². The molecule has 0 fully saturated rings. The molecule has 0 aliphatic heterocycles. The van der Waals surface area contributed by atoms with Crippen molar-refractivity contribution in [2.75, 3.05) is 0 Å². The Hall–Kier alpha value is -0.690. The van der Waals surface area contributed by atoms with Crippen LogP contribution in [0.4, 0.5) is 0 Å². The third-order valence-corrected chi connectivity index (χ3v) is 2.92. The van der Waals surface area contributed by atoms with E-state index in [4.69, 9.17) is 16.3 Å². The van der Waals surface area contributed by atoms with Crippen molar-refractivity contribution in [3.05, 3.63) is 29.8 Å². The number of rotatable bonds is 5. The number of benzene rings is 1. The molecule has 96 valence electrons. The second-order valence-corrected chi connectivity index (χ2v) is 6.28. The zero-order valence-corrected chi connectivity index (χ0v) is 12.2. The first-order valence-electron chi connectivity index (χ1n) is 6.23. The molecule has 1 unspecified atom stereocenters. The molecule has 0 amide bonds. The van der Waals surface area contributed by atoms with E-state index in [1.54, 1.807) is 0 Å². The summed E-state index contributed by atoms with van der Waals surface area (Å²) in [4.78, 5) is 0. The van der Waals surface area contributed by atoms with E-state index in [2.05, 4.69) is 26.0 Å². The number of hydrogen-bond donors (Lipinski definition) is 0. The molecule has 0 N–H and O–H groups in total. The van der Waals surface area contributed by atoms with Crippen LogP contribution in [0.15, 0.2) is 24.3 Å². The molecule has 2 heteroatoms. The fourth-order valence-electron chi connectivity index (χ4n) is 2.20. The molecule has 0 radical (unpaired) electrons. The van der Waals surface area contributed by atoms with Gasteiger partial charge in [-0.3, -0.25) is 0 Å². The summed E-state index contributed by atoms with van der Waals surface area (Å²) in [6, 6.07) is 8.25. The number of ether oxygens (including phenoxy) is 1. The van der Waals surface area contributed by atoms with E-state index in [0.717, 1.165) is 12.2 Å². The molecule has 0 saturated heterocycles. The van der Waals surface area contributed by atoms with E-state index in [0.29, 0.717) is 0 Å². The Labute approximate surface area is 110 Å². The van der Waals surface area contributed by atoms with Crippen LogP contribution in [0, 0.1) is 0 Å². The molecular formula is C15H23ClO. The van der Waals surface area contributed by atoms with Crippen LogP contribution in [-0.4, -0.2) is 11.5 Å². The zero-order valence-electron chi connectivity index (χ0n) is 11.5. The second kappa shape index (κ2) is 5.77. The van der Waals surface area contributed by atoms with Crippen LogP contribution in [-0.2, 0) is 5.41 Å². The van der Waals surface area contributed by atoms with Gasteiger partial charge in [0.25, 0.3) is 0 Å². The van der Waals surface area contributed by atoms with Crippen molar-refractivity contribution in [1.82, 2.24) is 0 Å². The first kappa shape index (κ1) is 14.4. The van der Waals surface area contributed by atoms with Gasteiger partial charge in [-0.05, 0) is 44.2 Å². The normalized spacial score (nSPS) is 13.8. The van der Waals surface area contributed by atoms with Gasteiger partial charge in [0.15, 0.2) is 0 Å². The lowest BCUT2D eigenvalue weighted by Gasteiger charge is -2.29. The van der Waals surface area contributed by atoms with Crippen LogP contribution in [0.25, 0.3) is 0 Å². The molecule has 1 atom stereocenters. The molecule has 0 spiro atoms. The van der Waals surface area contributed by atoms with E-state index in [9.17, 15) is 0 Å². The van der Waals surface area contributed by atoms with E-state index >= 15 is 0 Å². The van der Waals surface area contributed by atoms with Crippen LogP contribution in [0.3, 0.4) is 0 Å². The van der Waals surface area contributed by atoms with Gasteiger partial charge in [0.05, 0.1) is 6.10 Å². The molecule has 0 aromatic heterocycles. The molecule has 0 aliphatic carbocycles. The molecule has 0 aliphatic rings. The summed E-state index contributed by atoms with van der Waals surface area (Å²) >= 11 is 6.13. The number of halogens is 1. The molecule has 0 heterocycles. The van der Waals surface area contributed by atoms with Crippen LogP contribution in [0.2, 0.25) is 0 Å². The van der Waals surface area contributed by atoms with E-state index < -0.39 is 0 Å². The van der Waals surface area contributed by atoms with Crippen LogP contribution >= 0.6 is 11.6 Å². The highest BCUT2D eigenvalue weighted by Gasteiger charge is 2.26. The molecule has 1 aromatic carbocycles. The minimum Gasteiger partial charge on any atom is -0.491 e. The second-order valence-electron chi connectivity index (χ2n) is 5.53. The Morgan fingerprint density at radius 2 is 1.76 bits per heavy atom. The summed E-state index contributed by atoms with van der Waals surface area (Å²) in [5.41, 5.74) is 1.27. The average Bonchev–Trinajstić information content (AvgIpc) is 2.15. The Kier molecular flexibility index (Phi) is 4.88. The molecule has 0 saturated carbocycles. The Balaban J connectivity index is 3.03. The smallest absolute Gasteiger partial charge is 0.123 e. The Morgan fingerprint density at radius 1 is 1.18 bits per heavy atom. The predicted molar refractivity (Wildman–Crippen MR) is 75.2 cm³/mol. The predicted octanol–water partition coefficient (Wildman–Crippen LogP) is 4.77. The fraction of sp³-hybridized carbons (Fsp3) is 0.600. The van der Waals surface area contributed by atoms with Gasteiger partial charge in [0.2, 0.25) is 0 Å². The SMILES string of the molecule is CC(Cl)CC(C)(C)c1ccccc1OC(C)C. The van der Waals surface area contributed by atoms with Crippen molar-refractivity contribution in [1.29, 1.82) is 0 Å². The molecule has 1 aromatic rings. The summed E-state index contributed by atoms with van der Waals surface area (Å²) in [7, 11) is 0. The summed E-state index contributed by atoms with van der Waals surface area (Å²) in [5.74, 6) is 0.977. The lowest BCUT2D eigenvalue weighted by molar-refractivity contribution is 0.235. The van der Waals surface area contributed by atoms with Gasteiger partial charge >= 0.3 is 0 Å². The van der Waals surface area contributed by atoms with Crippen LogP contribution in [0.5, 0.6) is 5.75 Å². The lowest BCUT2D eigenvalue weighted by Crippen LogP contribution is -2.22. The average molecular weight is 255 g/mol. The van der Waals surface area contributed by atoms with E-state index in [-0.39, 0.29) is 16.9 Å². The number of alkyl halides is 1. The minimum atomic E-state index is 0.0344. The van der Waals surface area contributed by atoms with Crippen LogP contribution < -0.4 is 4.74 Å². The van der Waals surface area contributed by atoms with Gasteiger partial charge in [0.1, 0.15) is 5.75 Å². The van der Waals surface area contributed by atoms with Gasteiger partial charge in [-0.1, -0.05) is 32.0 Å². The van der Waals surface area contributed by atoms with Crippen molar-refractivity contribution < 1.29 is 4.74 Å². The summed E-state index contributed by atoms with van der Waals surface area (Å²) in [5, 5.41) is 0.164. The molecule has 17 heavy (non-hydrogen) atoms. The van der Waals surface area contributed by atoms with Crippen molar-refractivity contribution in [3.63, 3.8) is 0 Å². The van der Waals surface area contributed by atoms with Crippen LogP contribution in [0.1, 0.15) is 46.6 Å². The number of hydrogen-bond acceptors (Lipinski definition) is 1. The molecule has 1 rings (SSSR count). The van der Waals surface area contributed by atoms with Gasteiger partial charge in [-0.25, -0.2) is 0 Å². The summed E-state index contributed by atoms with van der Waals surface area (Å²) in [6.45, 7) is 10.6. The van der Waals surface area contributed by atoms with Gasteiger partial charge in [-0.15, -0.1) is 11.6 Å². The largest absolute Gasteiger partial charge is 0.491 e. The first-order chi connectivity index (χ1) is 7.83. The first-order valence-corrected chi connectivity index (χ1v) is 6.67. The quantitative estimate of drug-likeness (QED) is 0.688. The zero-order chi connectivity index (χ0) is 13.1. The standard InChI is InChI=1S/C15H23ClO/c1-11(2)17-14-9-7-6-8-13(14)15(4,5)10-12(3)16/h6-9,11-12H,10H2,1-5H3. The molecular weight excluding hydrogens is 232 g/mol. The minimum absolute atomic E-state index is 0.0344. The van der Waals surface area contributed by atoms with Gasteiger partial charge in [-0.2, -0.15) is 0 Å². The van der Waals surface area contributed by atoms with Crippen molar-refractivity contribution in [3.8, 4) is 5.75 Å². The highest BCUT2D eigenvalue weighted by molar-refractivity contribution is 6.20. The Morgan fingerprint density at radius 3 is 2.29 bits per heavy atom. The number of para-hydroxylation sites is 1. The third-order valence-electron chi connectivity index (χ3n) is 2.77. The topological polar surface area (TPSA) is 9.23 Å².